The standard InChI is InChI=1S/C16H24N4O/c1-10-17-13-7-5-6-12(13)14(18-10)20-8-11(9-20)19-15(21)16(2,3)4/h11H,5-9H2,1-4H3,(H,19,21). The molecule has 1 aromatic rings. The fourth-order valence-electron chi connectivity index (χ4n) is 2.94. The lowest BCUT2D eigenvalue weighted by molar-refractivity contribution is -0.129. The van der Waals surface area contributed by atoms with Crippen molar-refractivity contribution in [2.75, 3.05) is 18.0 Å². The largest absolute Gasteiger partial charge is 0.352 e. The van der Waals surface area contributed by atoms with Gasteiger partial charge in [-0.2, -0.15) is 0 Å². The second-order valence-electron chi connectivity index (χ2n) is 7.20. The van der Waals surface area contributed by atoms with Crippen LogP contribution in [0.2, 0.25) is 0 Å². The van der Waals surface area contributed by atoms with Crippen molar-refractivity contribution in [2.24, 2.45) is 5.41 Å². The number of hydrogen-bond acceptors (Lipinski definition) is 4. The molecule has 2 aliphatic rings. The zero-order valence-electron chi connectivity index (χ0n) is 13.4. The van der Waals surface area contributed by atoms with Crippen molar-refractivity contribution in [3.63, 3.8) is 0 Å². The third kappa shape index (κ3) is 2.74. The molecule has 1 amide bonds. The Hall–Kier alpha value is -1.65. The predicted molar refractivity (Wildman–Crippen MR) is 82.4 cm³/mol. The molecule has 1 aliphatic carbocycles. The summed E-state index contributed by atoms with van der Waals surface area (Å²) in [5.41, 5.74) is 2.22. The molecule has 0 unspecified atom stereocenters. The topological polar surface area (TPSA) is 58.1 Å². The van der Waals surface area contributed by atoms with E-state index >= 15 is 0 Å². The monoisotopic (exact) mass is 288 g/mol. The first-order chi connectivity index (χ1) is 9.84. The number of amides is 1. The molecular formula is C16H24N4O. The Balaban J connectivity index is 1.66. The lowest BCUT2D eigenvalue weighted by Crippen LogP contribution is -2.61. The maximum absolute atomic E-state index is 12.0. The van der Waals surface area contributed by atoms with Gasteiger partial charge < -0.3 is 10.2 Å². The Morgan fingerprint density at radius 2 is 1.95 bits per heavy atom. The van der Waals surface area contributed by atoms with Crippen LogP contribution >= 0.6 is 0 Å². The number of carbonyl (C=O) groups excluding carboxylic acids is 1. The number of rotatable bonds is 2. The van der Waals surface area contributed by atoms with Crippen molar-refractivity contribution in [1.29, 1.82) is 0 Å². The van der Waals surface area contributed by atoms with Crippen LogP contribution < -0.4 is 10.2 Å². The van der Waals surface area contributed by atoms with Gasteiger partial charge in [-0.15, -0.1) is 0 Å². The minimum atomic E-state index is -0.326. The Labute approximate surface area is 126 Å². The number of hydrogen-bond donors (Lipinski definition) is 1. The van der Waals surface area contributed by atoms with Crippen LogP contribution in [0.4, 0.5) is 5.82 Å². The molecule has 21 heavy (non-hydrogen) atoms. The lowest BCUT2D eigenvalue weighted by atomic mass is 9.94. The highest BCUT2D eigenvalue weighted by atomic mass is 16.2. The lowest BCUT2D eigenvalue weighted by Gasteiger charge is -2.42. The number of nitrogens with one attached hydrogen (secondary N) is 1. The van der Waals surface area contributed by atoms with Gasteiger partial charge >= 0.3 is 0 Å². The van der Waals surface area contributed by atoms with Crippen LogP contribution in [0.3, 0.4) is 0 Å². The van der Waals surface area contributed by atoms with Crippen molar-refractivity contribution < 1.29 is 4.79 Å². The average Bonchev–Trinajstić information content (AvgIpc) is 2.78. The molecule has 0 saturated carbocycles. The Morgan fingerprint density at radius 3 is 2.62 bits per heavy atom. The van der Waals surface area contributed by atoms with E-state index in [0.29, 0.717) is 0 Å². The summed E-state index contributed by atoms with van der Waals surface area (Å²) in [6.45, 7) is 9.49. The minimum absolute atomic E-state index is 0.122. The number of anilines is 1. The van der Waals surface area contributed by atoms with E-state index < -0.39 is 0 Å². The first-order valence-corrected chi connectivity index (χ1v) is 7.77. The minimum Gasteiger partial charge on any atom is -0.352 e. The SMILES string of the molecule is Cc1nc2c(c(N3CC(NC(=O)C(C)(C)C)C3)n1)CCC2. The second-order valence-corrected chi connectivity index (χ2v) is 7.20. The van der Waals surface area contributed by atoms with Crippen molar-refractivity contribution in [2.45, 2.75) is 53.0 Å². The summed E-state index contributed by atoms with van der Waals surface area (Å²) in [5.74, 6) is 2.07. The van der Waals surface area contributed by atoms with Gasteiger partial charge in [0, 0.05) is 29.8 Å². The van der Waals surface area contributed by atoms with Gasteiger partial charge in [-0.1, -0.05) is 20.8 Å². The molecule has 0 spiro atoms. The molecule has 1 aliphatic heterocycles. The molecular weight excluding hydrogens is 264 g/mol. The smallest absolute Gasteiger partial charge is 0.225 e. The van der Waals surface area contributed by atoms with Gasteiger partial charge in [-0.3, -0.25) is 4.79 Å². The highest BCUT2D eigenvalue weighted by molar-refractivity contribution is 5.82. The molecule has 0 bridgehead atoms. The highest BCUT2D eigenvalue weighted by Gasteiger charge is 2.34. The van der Waals surface area contributed by atoms with Gasteiger partial charge in [-0.05, 0) is 26.2 Å². The van der Waals surface area contributed by atoms with Gasteiger partial charge in [0.05, 0.1) is 6.04 Å². The van der Waals surface area contributed by atoms with Crippen LogP contribution in [-0.2, 0) is 17.6 Å². The first kappa shape index (κ1) is 14.3. The van der Waals surface area contributed by atoms with Crippen molar-refractivity contribution in [3.05, 3.63) is 17.1 Å². The summed E-state index contributed by atoms with van der Waals surface area (Å²) in [5, 5.41) is 3.11. The molecule has 0 atom stereocenters. The van der Waals surface area contributed by atoms with Crippen molar-refractivity contribution in [3.8, 4) is 0 Å². The normalized spacial score (nSPS) is 18.4. The summed E-state index contributed by atoms with van der Waals surface area (Å²) in [7, 11) is 0. The molecule has 1 N–H and O–H groups in total. The summed E-state index contributed by atoms with van der Waals surface area (Å²) in [4.78, 5) is 23.4. The van der Waals surface area contributed by atoms with Gasteiger partial charge in [0.15, 0.2) is 0 Å². The molecule has 5 nitrogen and oxygen atoms in total. The summed E-state index contributed by atoms with van der Waals surface area (Å²) >= 11 is 0. The number of fused-ring (bicyclic) bond motifs is 1. The van der Waals surface area contributed by atoms with Crippen LogP contribution in [-0.4, -0.2) is 35.0 Å². The van der Waals surface area contributed by atoms with E-state index in [4.69, 9.17) is 0 Å². The van der Waals surface area contributed by atoms with Crippen LogP contribution in [0.25, 0.3) is 0 Å². The van der Waals surface area contributed by atoms with E-state index in [0.717, 1.165) is 37.6 Å². The van der Waals surface area contributed by atoms with Crippen molar-refractivity contribution in [1.82, 2.24) is 15.3 Å². The van der Waals surface area contributed by atoms with Gasteiger partial charge in [-0.25, -0.2) is 9.97 Å². The van der Waals surface area contributed by atoms with E-state index in [1.807, 2.05) is 27.7 Å². The predicted octanol–water partition coefficient (Wildman–Crippen LogP) is 1.62. The van der Waals surface area contributed by atoms with E-state index in [2.05, 4.69) is 20.2 Å². The number of aryl methyl sites for hydroxylation is 2. The zero-order valence-corrected chi connectivity index (χ0v) is 13.4. The quantitative estimate of drug-likeness (QED) is 0.898. The maximum atomic E-state index is 12.0. The number of aromatic nitrogens is 2. The third-order valence-corrected chi connectivity index (χ3v) is 4.22. The molecule has 0 radical (unpaired) electrons. The molecule has 0 aromatic carbocycles. The Bertz CT molecular complexity index is 570. The molecule has 1 fully saturated rings. The van der Waals surface area contributed by atoms with Crippen molar-refractivity contribution >= 4 is 11.7 Å². The van der Waals surface area contributed by atoms with Gasteiger partial charge in [0.25, 0.3) is 0 Å². The highest BCUT2D eigenvalue weighted by Crippen LogP contribution is 2.31. The summed E-state index contributed by atoms with van der Waals surface area (Å²) < 4.78 is 0. The molecule has 114 valence electrons. The van der Waals surface area contributed by atoms with Crippen LogP contribution in [0.15, 0.2) is 0 Å². The van der Waals surface area contributed by atoms with Gasteiger partial charge in [0.2, 0.25) is 5.91 Å². The Morgan fingerprint density at radius 1 is 1.24 bits per heavy atom. The molecule has 5 heteroatoms. The zero-order chi connectivity index (χ0) is 15.2. The first-order valence-electron chi connectivity index (χ1n) is 7.77. The third-order valence-electron chi connectivity index (χ3n) is 4.22. The molecule has 2 heterocycles. The number of carbonyl (C=O) groups is 1. The van der Waals surface area contributed by atoms with E-state index in [9.17, 15) is 4.79 Å². The average molecular weight is 288 g/mol. The second kappa shape index (κ2) is 4.97. The summed E-state index contributed by atoms with van der Waals surface area (Å²) in [6.07, 6.45) is 3.34. The number of nitrogens with zero attached hydrogens (tertiary/aromatic N) is 3. The Kier molecular flexibility index (Phi) is 3.38. The fraction of sp³-hybridized carbons (Fsp3) is 0.688. The van der Waals surface area contributed by atoms with Crippen LogP contribution in [0.1, 0.15) is 44.3 Å². The van der Waals surface area contributed by atoms with E-state index in [1.54, 1.807) is 0 Å². The fourth-order valence-corrected chi connectivity index (χ4v) is 2.94. The van der Waals surface area contributed by atoms with Gasteiger partial charge in [0.1, 0.15) is 11.6 Å². The van der Waals surface area contributed by atoms with E-state index in [-0.39, 0.29) is 17.4 Å². The molecule has 1 saturated heterocycles. The van der Waals surface area contributed by atoms with E-state index in [1.165, 1.54) is 17.7 Å². The van der Waals surface area contributed by atoms with Crippen LogP contribution in [0.5, 0.6) is 0 Å². The van der Waals surface area contributed by atoms with Crippen LogP contribution in [0, 0.1) is 12.3 Å². The molecule has 1 aromatic heterocycles. The molecule has 3 rings (SSSR count). The summed E-state index contributed by atoms with van der Waals surface area (Å²) in [6, 6.07) is 0.240. The maximum Gasteiger partial charge on any atom is 0.225 e.